The number of likely N-dealkylation sites (N-methyl/N-ethyl adjacent to an activating group) is 1. The summed E-state index contributed by atoms with van der Waals surface area (Å²) in [5, 5.41) is 0.952. The molecule has 4 heterocycles. The lowest BCUT2D eigenvalue weighted by molar-refractivity contribution is 0.0765. The van der Waals surface area contributed by atoms with Crippen LogP contribution in [-0.4, -0.2) is 77.4 Å². The summed E-state index contributed by atoms with van der Waals surface area (Å²) >= 11 is 0. The lowest BCUT2D eigenvalue weighted by Crippen LogP contribution is -2.35. The predicted molar refractivity (Wildman–Crippen MR) is 120 cm³/mol. The van der Waals surface area contributed by atoms with Crippen molar-refractivity contribution in [2.24, 2.45) is 0 Å². The van der Waals surface area contributed by atoms with Gasteiger partial charge < -0.3 is 14.7 Å². The van der Waals surface area contributed by atoms with E-state index in [0.29, 0.717) is 11.2 Å². The highest BCUT2D eigenvalue weighted by atomic mass is 16.2. The lowest BCUT2D eigenvalue weighted by atomic mass is 10.1. The summed E-state index contributed by atoms with van der Waals surface area (Å²) in [6.45, 7) is 3.37. The van der Waals surface area contributed by atoms with Crippen LogP contribution in [0.5, 0.6) is 0 Å². The second kappa shape index (κ2) is 7.25. The van der Waals surface area contributed by atoms with Gasteiger partial charge in [-0.25, -0.2) is 4.98 Å². The molecule has 0 bridgehead atoms. The number of imidazole rings is 1. The third-order valence-electron chi connectivity index (χ3n) is 5.98. The normalized spacial score (nSPS) is 15.8. The van der Waals surface area contributed by atoms with Gasteiger partial charge in [-0.3, -0.25) is 14.2 Å². The van der Waals surface area contributed by atoms with Crippen LogP contribution in [0.2, 0.25) is 0 Å². The Bertz CT molecular complexity index is 1260. The first-order valence-corrected chi connectivity index (χ1v) is 10.4. The number of hydrogen-bond acceptors (Lipinski definition) is 5. The maximum absolute atomic E-state index is 13.9. The molecule has 1 aromatic carbocycles. The topological polar surface area (TPSA) is 57.0 Å². The van der Waals surface area contributed by atoms with E-state index in [1.807, 2.05) is 54.4 Å². The van der Waals surface area contributed by atoms with E-state index in [0.717, 1.165) is 60.2 Å². The molecular formula is C23H26N6O. The minimum atomic E-state index is 0.0417. The Morgan fingerprint density at radius 1 is 1.03 bits per heavy atom. The van der Waals surface area contributed by atoms with Crippen molar-refractivity contribution in [1.82, 2.24) is 24.2 Å². The fourth-order valence-electron chi connectivity index (χ4n) is 4.51. The monoisotopic (exact) mass is 402 g/mol. The van der Waals surface area contributed by atoms with Crippen molar-refractivity contribution < 1.29 is 4.79 Å². The molecular weight excluding hydrogens is 376 g/mol. The van der Waals surface area contributed by atoms with Crippen LogP contribution >= 0.6 is 0 Å². The van der Waals surface area contributed by atoms with E-state index < -0.39 is 0 Å². The van der Waals surface area contributed by atoms with Crippen molar-refractivity contribution in [2.45, 2.75) is 6.42 Å². The van der Waals surface area contributed by atoms with Gasteiger partial charge in [0.25, 0.3) is 5.91 Å². The van der Waals surface area contributed by atoms with E-state index in [9.17, 15) is 4.79 Å². The zero-order chi connectivity index (χ0) is 20.8. The molecule has 30 heavy (non-hydrogen) atoms. The number of rotatable bonds is 2. The fraction of sp³-hybridized carbons (Fsp3) is 0.348. The molecule has 0 atom stereocenters. The fourth-order valence-corrected chi connectivity index (χ4v) is 4.51. The Morgan fingerprint density at radius 2 is 1.87 bits per heavy atom. The summed E-state index contributed by atoms with van der Waals surface area (Å²) < 4.78 is 2.11. The van der Waals surface area contributed by atoms with Crippen LogP contribution in [0.3, 0.4) is 0 Å². The zero-order valence-corrected chi connectivity index (χ0v) is 17.7. The molecule has 3 aromatic heterocycles. The summed E-state index contributed by atoms with van der Waals surface area (Å²) in [5.74, 6) is 0.0417. The van der Waals surface area contributed by atoms with Gasteiger partial charge in [0, 0.05) is 51.5 Å². The number of pyridine rings is 2. The van der Waals surface area contributed by atoms with Gasteiger partial charge in [0.2, 0.25) is 0 Å². The van der Waals surface area contributed by atoms with Gasteiger partial charge in [-0.05, 0) is 38.2 Å². The molecule has 1 amide bonds. The van der Waals surface area contributed by atoms with E-state index in [1.54, 1.807) is 6.20 Å². The van der Waals surface area contributed by atoms with Crippen LogP contribution in [0.4, 0.5) is 5.69 Å². The Balaban J connectivity index is 1.85. The van der Waals surface area contributed by atoms with Crippen molar-refractivity contribution in [1.29, 1.82) is 0 Å². The van der Waals surface area contributed by atoms with Gasteiger partial charge >= 0.3 is 0 Å². The van der Waals surface area contributed by atoms with E-state index >= 15 is 0 Å². The second-order valence-corrected chi connectivity index (χ2v) is 8.22. The highest BCUT2D eigenvalue weighted by Crippen LogP contribution is 2.35. The average molecular weight is 403 g/mol. The van der Waals surface area contributed by atoms with Gasteiger partial charge in [-0.1, -0.05) is 12.1 Å². The van der Waals surface area contributed by atoms with E-state index in [-0.39, 0.29) is 5.91 Å². The number of benzene rings is 1. The highest BCUT2D eigenvalue weighted by Gasteiger charge is 2.28. The quantitative estimate of drug-likeness (QED) is 0.516. The molecule has 7 nitrogen and oxygen atoms in total. The number of amides is 1. The number of para-hydroxylation sites is 2. The molecule has 5 rings (SSSR count). The van der Waals surface area contributed by atoms with Crippen LogP contribution in [0.15, 0.2) is 42.7 Å². The maximum atomic E-state index is 13.9. The molecule has 7 heteroatoms. The lowest BCUT2D eigenvalue weighted by Gasteiger charge is -2.26. The van der Waals surface area contributed by atoms with Crippen LogP contribution < -0.4 is 4.90 Å². The van der Waals surface area contributed by atoms with Crippen molar-refractivity contribution in [3.8, 4) is 0 Å². The molecule has 1 aliphatic heterocycles. The predicted octanol–water partition coefficient (Wildman–Crippen LogP) is 2.88. The van der Waals surface area contributed by atoms with Crippen molar-refractivity contribution in [3.05, 3.63) is 48.3 Å². The second-order valence-electron chi connectivity index (χ2n) is 8.22. The number of anilines is 1. The largest absolute Gasteiger partial charge is 0.376 e. The van der Waals surface area contributed by atoms with Crippen molar-refractivity contribution >= 4 is 39.2 Å². The minimum Gasteiger partial charge on any atom is -0.376 e. The molecule has 1 fully saturated rings. The standard InChI is InChI=1S/C23H26N6O/c1-26(2)21-16-15-24-10-9-18(16)29-19-8-5-4-7-17(19)25-22(29)20(21)23(30)28-12-6-11-27(3)13-14-28/h4-5,7-10,15H,6,11-14H2,1-3H3. The number of aromatic nitrogens is 3. The molecule has 0 spiro atoms. The summed E-state index contributed by atoms with van der Waals surface area (Å²) in [6, 6.07) is 10.0. The number of fused-ring (bicyclic) bond motifs is 5. The Morgan fingerprint density at radius 3 is 2.70 bits per heavy atom. The molecule has 4 aromatic rings. The van der Waals surface area contributed by atoms with Crippen LogP contribution in [-0.2, 0) is 0 Å². The van der Waals surface area contributed by atoms with Gasteiger partial charge in [-0.15, -0.1) is 0 Å². The average Bonchev–Trinajstić information content (AvgIpc) is 3.00. The molecule has 0 unspecified atom stereocenters. The van der Waals surface area contributed by atoms with Crippen LogP contribution in [0.1, 0.15) is 16.8 Å². The van der Waals surface area contributed by atoms with E-state index in [2.05, 4.69) is 27.4 Å². The zero-order valence-electron chi connectivity index (χ0n) is 17.7. The van der Waals surface area contributed by atoms with Crippen LogP contribution in [0.25, 0.3) is 27.6 Å². The Kier molecular flexibility index (Phi) is 4.55. The number of hydrogen-bond donors (Lipinski definition) is 0. The molecule has 0 N–H and O–H groups in total. The molecule has 0 saturated carbocycles. The third-order valence-corrected chi connectivity index (χ3v) is 5.98. The maximum Gasteiger partial charge on any atom is 0.259 e. The van der Waals surface area contributed by atoms with E-state index in [1.165, 1.54) is 0 Å². The number of nitrogens with zero attached hydrogens (tertiary/aromatic N) is 6. The number of carbonyl (C=O) groups excluding carboxylic acids is 1. The number of carbonyl (C=O) groups is 1. The summed E-state index contributed by atoms with van der Waals surface area (Å²) in [7, 11) is 6.07. The van der Waals surface area contributed by atoms with Gasteiger partial charge in [0.05, 0.1) is 22.2 Å². The van der Waals surface area contributed by atoms with Crippen molar-refractivity contribution in [3.63, 3.8) is 0 Å². The SMILES string of the molecule is CN1CCCN(C(=O)c2c(N(C)C)c3cnccc3n3c2nc2ccccc23)CC1. The Hall–Kier alpha value is -3.19. The van der Waals surface area contributed by atoms with E-state index in [4.69, 9.17) is 4.98 Å². The summed E-state index contributed by atoms with van der Waals surface area (Å²) in [6.07, 6.45) is 4.62. The minimum absolute atomic E-state index is 0.0417. The summed E-state index contributed by atoms with van der Waals surface area (Å²) in [4.78, 5) is 29.5. The smallest absolute Gasteiger partial charge is 0.259 e. The highest BCUT2D eigenvalue weighted by molar-refractivity contribution is 6.14. The first-order valence-electron chi connectivity index (χ1n) is 10.4. The van der Waals surface area contributed by atoms with Gasteiger partial charge in [0.15, 0.2) is 5.65 Å². The molecule has 154 valence electrons. The van der Waals surface area contributed by atoms with Gasteiger partial charge in [0.1, 0.15) is 5.56 Å². The third kappa shape index (κ3) is 2.89. The molecule has 1 saturated heterocycles. The molecule has 1 aliphatic rings. The van der Waals surface area contributed by atoms with Crippen LogP contribution in [0, 0.1) is 0 Å². The summed E-state index contributed by atoms with van der Waals surface area (Å²) in [5.41, 5.74) is 5.13. The van der Waals surface area contributed by atoms with Gasteiger partial charge in [-0.2, -0.15) is 0 Å². The first kappa shape index (κ1) is 18.8. The van der Waals surface area contributed by atoms with Crippen molar-refractivity contribution in [2.75, 3.05) is 52.2 Å². The molecule has 0 radical (unpaired) electrons. The first-order chi connectivity index (χ1) is 14.6. The molecule has 0 aliphatic carbocycles. The Labute approximate surface area is 175 Å².